The summed E-state index contributed by atoms with van der Waals surface area (Å²) >= 11 is 0. The molecule has 0 fully saturated rings. The van der Waals surface area contributed by atoms with Gasteiger partial charge in [-0.3, -0.25) is 0 Å². The summed E-state index contributed by atoms with van der Waals surface area (Å²) in [6.07, 6.45) is 0.811. The van der Waals surface area contributed by atoms with Gasteiger partial charge in [0.15, 0.2) is 6.10 Å². The van der Waals surface area contributed by atoms with Gasteiger partial charge in [0, 0.05) is 11.8 Å². The number of ether oxygens (including phenoxy) is 2. The van der Waals surface area contributed by atoms with Crippen LogP contribution in [-0.2, 0) is 0 Å². The van der Waals surface area contributed by atoms with Crippen molar-refractivity contribution in [1.29, 1.82) is 5.41 Å². The molecule has 1 aliphatic heterocycles. The van der Waals surface area contributed by atoms with Crippen LogP contribution in [0.3, 0.4) is 0 Å². The van der Waals surface area contributed by atoms with Gasteiger partial charge < -0.3 is 14.9 Å². The third-order valence-electron chi connectivity index (χ3n) is 3.20. The summed E-state index contributed by atoms with van der Waals surface area (Å²) in [7, 11) is 1.62. The minimum absolute atomic E-state index is 0.418. The quantitative estimate of drug-likeness (QED) is 0.864. The molecule has 100 valence electrons. The zero-order valence-corrected chi connectivity index (χ0v) is 11.0. The third-order valence-corrected chi connectivity index (χ3v) is 3.20. The third kappa shape index (κ3) is 2.05. The molecule has 0 radical (unpaired) electrons. The van der Waals surface area contributed by atoms with Crippen LogP contribution >= 0.6 is 0 Å². The lowest BCUT2D eigenvalue weighted by atomic mass is 10.0. The highest BCUT2D eigenvalue weighted by Gasteiger charge is 2.27. The van der Waals surface area contributed by atoms with Crippen LogP contribution in [0.15, 0.2) is 53.5 Å². The summed E-state index contributed by atoms with van der Waals surface area (Å²) < 4.78 is 11.4. The van der Waals surface area contributed by atoms with E-state index in [1.165, 1.54) is 6.21 Å². The first-order chi connectivity index (χ1) is 9.83. The fourth-order valence-corrected chi connectivity index (χ4v) is 2.25. The molecule has 0 aliphatic carbocycles. The Balaban J connectivity index is 2.09. The Morgan fingerprint density at radius 2 is 1.90 bits per heavy atom. The Hall–Kier alpha value is -2.62. The molecule has 4 heteroatoms. The van der Waals surface area contributed by atoms with Crippen molar-refractivity contribution in [3.05, 3.63) is 54.1 Å². The molecule has 1 unspecified atom stereocenters. The van der Waals surface area contributed by atoms with Crippen LogP contribution in [0.2, 0.25) is 0 Å². The molecular formula is C16H14N2O2. The van der Waals surface area contributed by atoms with Crippen molar-refractivity contribution in [3.8, 4) is 11.5 Å². The summed E-state index contributed by atoms with van der Waals surface area (Å²) in [5, 5.41) is 7.57. The van der Waals surface area contributed by atoms with E-state index in [-0.39, 0.29) is 0 Å². The number of nitrogens with zero attached hydrogens (tertiary/aromatic N) is 1. The van der Waals surface area contributed by atoms with Crippen LogP contribution in [0.4, 0.5) is 5.69 Å². The fraction of sp³-hybridized carbons (Fsp3) is 0.125. The van der Waals surface area contributed by atoms with Gasteiger partial charge in [-0.05, 0) is 18.2 Å². The highest BCUT2D eigenvalue weighted by Crippen LogP contribution is 2.38. The molecule has 0 aromatic heterocycles. The second-order valence-corrected chi connectivity index (χ2v) is 4.39. The summed E-state index contributed by atoms with van der Waals surface area (Å²) in [4.78, 5) is 4.49. The molecule has 1 N–H and O–H groups in total. The van der Waals surface area contributed by atoms with Crippen LogP contribution in [0.1, 0.15) is 11.7 Å². The van der Waals surface area contributed by atoms with E-state index in [9.17, 15) is 0 Å². The zero-order valence-electron chi connectivity index (χ0n) is 11.0. The van der Waals surface area contributed by atoms with E-state index in [2.05, 4.69) is 4.99 Å². The molecule has 0 spiro atoms. The maximum Gasteiger partial charge on any atom is 0.171 e. The summed E-state index contributed by atoms with van der Waals surface area (Å²) in [5.41, 5.74) is 2.18. The van der Waals surface area contributed by atoms with Gasteiger partial charge in [0.25, 0.3) is 0 Å². The topological polar surface area (TPSA) is 54.7 Å². The van der Waals surface area contributed by atoms with Crippen molar-refractivity contribution in [2.24, 2.45) is 4.99 Å². The van der Waals surface area contributed by atoms with Gasteiger partial charge in [0.2, 0.25) is 0 Å². The number of benzene rings is 2. The summed E-state index contributed by atoms with van der Waals surface area (Å²) in [6.45, 7) is 0. The largest absolute Gasteiger partial charge is 0.496 e. The highest BCUT2D eigenvalue weighted by molar-refractivity contribution is 6.32. The normalized spacial score (nSPS) is 16.6. The van der Waals surface area contributed by atoms with Gasteiger partial charge in [0.1, 0.15) is 22.9 Å². The number of para-hydroxylation sites is 3. The van der Waals surface area contributed by atoms with Crippen molar-refractivity contribution >= 4 is 17.6 Å². The van der Waals surface area contributed by atoms with Gasteiger partial charge in [-0.1, -0.05) is 30.3 Å². The minimum atomic E-state index is -0.418. The Morgan fingerprint density at radius 3 is 2.70 bits per heavy atom. The molecule has 1 heterocycles. The van der Waals surface area contributed by atoms with Crippen LogP contribution in [-0.4, -0.2) is 19.0 Å². The smallest absolute Gasteiger partial charge is 0.171 e. The van der Waals surface area contributed by atoms with E-state index in [0.29, 0.717) is 11.5 Å². The predicted octanol–water partition coefficient (Wildman–Crippen LogP) is 3.55. The summed E-state index contributed by atoms with van der Waals surface area (Å²) in [6, 6.07) is 15.2. The van der Waals surface area contributed by atoms with Gasteiger partial charge in [-0.15, -0.1) is 0 Å². The maximum atomic E-state index is 7.57. The number of hydrogen-bond acceptors (Lipinski definition) is 4. The number of nitrogens with one attached hydrogen (secondary N) is 1. The lowest BCUT2D eigenvalue weighted by Crippen LogP contribution is -2.23. The molecule has 0 saturated heterocycles. The number of hydrogen-bond donors (Lipinski definition) is 1. The lowest BCUT2D eigenvalue weighted by Gasteiger charge is -2.25. The van der Waals surface area contributed by atoms with E-state index in [4.69, 9.17) is 14.9 Å². The van der Waals surface area contributed by atoms with E-state index in [1.807, 2.05) is 48.5 Å². The molecule has 4 nitrogen and oxygen atoms in total. The van der Waals surface area contributed by atoms with Crippen LogP contribution in [0.5, 0.6) is 11.5 Å². The fourth-order valence-electron chi connectivity index (χ4n) is 2.25. The van der Waals surface area contributed by atoms with E-state index in [0.717, 1.165) is 17.0 Å². The molecule has 3 rings (SSSR count). The second kappa shape index (κ2) is 5.17. The first-order valence-electron chi connectivity index (χ1n) is 6.31. The molecule has 0 saturated carbocycles. The van der Waals surface area contributed by atoms with Crippen molar-refractivity contribution in [1.82, 2.24) is 0 Å². The molecule has 1 aliphatic rings. The number of rotatable bonds is 3. The Labute approximate surface area is 117 Å². The van der Waals surface area contributed by atoms with E-state index < -0.39 is 6.10 Å². The zero-order chi connectivity index (χ0) is 13.9. The first-order valence-corrected chi connectivity index (χ1v) is 6.31. The first kappa shape index (κ1) is 12.4. The lowest BCUT2D eigenvalue weighted by molar-refractivity contribution is 0.264. The molecule has 0 bridgehead atoms. The van der Waals surface area contributed by atoms with Gasteiger partial charge in [-0.2, -0.15) is 0 Å². The van der Waals surface area contributed by atoms with E-state index in [1.54, 1.807) is 7.11 Å². The SMILES string of the molecule is COc1ccccc1C1Oc2ccccc2N=C1C=N. The number of methoxy groups -OCH3 is 1. The number of aliphatic imine (C=N–C) groups is 1. The monoisotopic (exact) mass is 266 g/mol. The molecule has 20 heavy (non-hydrogen) atoms. The number of fused-ring (bicyclic) bond motifs is 1. The Bertz CT molecular complexity index is 680. The van der Waals surface area contributed by atoms with Crippen molar-refractivity contribution in [2.75, 3.05) is 7.11 Å². The van der Waals surface area contributed by atoms with Crippen molar-refractivity contribution in [3.63, 3.8) is 0 Å². The minimum Gasteiger partial charge on any atom is -0.496 e. The van der Waals surface area contributed by atoms with Crippen molar-refractivity contribution in [2.45, 2.75) is 6.10 Å². The highest BCUT2D eigenvalue weighted by atomic mass is 16.5. The molecule has 2 aromatic carbocycles. The molecule has 1 atom stereocenters. The standard InChI is InChI=1S/C16H14N2O2/c1-19-14-8-4-2-6-11(14)16-13(10-17)18-12-7-3-5-9-15(12)20-16/h2-10,16-17H,1H3. The molecule has 0 amide bonds. The average Bonchev–Trinajstić information content (AvgIpc) is 2.53. The van der Waals surface area contributed by atoms with Crippen LogP contribution in [0.25, 0.3) is 0 Å². The van der Waals surface area contributed by atoms with Crippen LogP contribution in [0, 0.1) is 5.41 Å². The summed E-state index contributed by atoms with van der Waals surface area (Å²) in [5.74, 6) is 1.44. The molecular weight excluding hydrogens is 252 g/mol. The predicted molar refractivity (Wildman–Crippen MR) is 78.7 cm³/mol. The molecule has 2 aromatic rings. The Morgan fingerprint density at radius 1 is 1.15 bits per heavy atom. The Kier molecular flexibility index (Phi) is 3.21. The van der Waals surface area contributed by atoms with Gasteiger partial charge in [0.05, 0.1) is 7.11 Å². The average molecular weight is 266 g/mol. The maximum absolute atomic E-state index is 7.57. The van der Waals surface area contributed by atoms with Gasteiger partial charge >= 0.3 is 0 Å². The van der Waals surface area contributed by atoms with Gasteiger partial charge in [-0.25, -0.2) is 4.99 Å². The van der Waals surface area contributed by atoms with E-state index >= 15 is 0 Å². The van der Waals surface area contributed by atoms with Crippen molar-refractivity contribution < 1.29 is 9.47 Å². The second-order valence-electron chi connectivity index (χ2n) is 4.39. The van der Waals surface area contributed by atoms with Crippen LogP contribution < -0.4 is 9.47 Å².